The molecule has 28 heavy (non-hydrogen) atoms. The van der Waals surface area contributed by atoms with Crippen molar-refractivity contribution in [2.75, 3.05) is 20.2 Å². The molecule has 0 bridgehead atoms. The quantitative estimate of drug-likeness (QED) is 0.384. The first kappa shape index (κ1) is 20.8. The molecule has 1 fully saturated rings. The van der Waals surface area contributed by atoms with Crippen LogP contribution in [-0.4, -0.2) is 36.1 Å². The summed E-state index contributed by atoms with van der Waals surface area (Å²) in [4.78, 5) is 15.7. The van der Waals surface area contributed by atoms with E-state index < -0.39 is 0 Å². The highest BCUT2D eigenvalue weighted by Gasteiger charge is 2.21. The van der Waals surface area contributed by atoms with Gasteiger partial charge < -0.3 is 9.72 Å². The largest absolute Gasteiger partial charge is 0.491 e. The Labute approximate surface area is 175 Å². The molecule has 2 N–H and O–H groups in total. The van der Waals surface area contributed by atoms with Crippen LogP contribution in [0.3, 0.4) is 0 Å². The highest BCUT2D eigenvalue weighted by molar-refractivity contribution is 6.42. The molecule has 3 rings (SSSR count). The second-order valence-corrected chi connectivity index (χ2v) is 7.79. The van der Waals surface area contributed by atoms with Crippen molar-refractivity contribution in [3.63, 3.8) is 0 Å². The Morgan fingerprint density at radius 1 is 1.36 bits per heavy atom. The van der Waals surface area contributed by atoms with Crippen LogP contribution in [0.5, 0.6) is 0 Å². The van der Waals surface area contributed by atoms with Gasteiger partial charge in [-0.25, -0.2) is 5.01 Å². The SMILES string of the molecule is CCC1CCCN(NC(=O)C(=CC=Cc2cc3cc(Cl)c(Cl)cc3[nH]2)OC)C1. The predicted molar refractivity (Wildman–Crippen MR) is 115 cm³/mol. The molecule has 2 aromatic rings. The molecule has 1 aliphatic rings. The van der Waals surface area contributed by atoms with E-state index in [-0.39, 0.29) is 11.7 Å². The van der Waals surface area contributed by atoms with Gasteiger partial charge in [-0.1, -0.05) is 42.6 Å². The van der Waals surface area contributed by atoms with Gasteiger partial charge in [0.05, 0.1) is 17.2 Å². The van der Waals surface area contributed by atoms with Gasteiger partial charge in [-0.2, -0.15) is 0 Å². The van der Waals surface area contributed by atoms with Crippen molar-refractivity contribution in [3.8, 4) is 0 Å². The van der Waals surface area contributed by atoms with Crippen molar-refractivity contribution >= 4 is 46.1 Å². The number of piperidine rings is 1. The molecule has 0 aliphatic carbocycles. The Morgan fingerprint density at radius 2 is 2.14 bits per heavy atom. The maximum atomic E-state index is 12.5. The van der Waals surface area contributed by atoms with Crippen LogP contribution in [0.15, 0.2) is 36.1 Å². The van der Waals surface area contributed by atoms with E-state index in [4.69, 9.17) is 27.9 Å². The molecule has 5 nitrogen and oxygen atoms in total. The van der Waals surface area contributed by atoms with Gasteiger partial charge in [0, 0.05) is 29.7 Å². The minimum Gasteiger partial charge on any atom is -0.491 e. The monoisotopic (exact) mass is 421 g/mol. The number of rotatable bonds is 6. The molecule has 1 unspecified atom stereocenters. The average Bonchev–Trinajstić information content (AvgIpc) is 3.07. The smallest absolute Gasteiger partial charge is 0.300 e. The summed E-state index contributed by atoms with van der Waals surface area (Å²) in [7, 11) is 1.50. The minimum atomic E-state index is -0.237. The number of carbonyl (C=O) groups is 1. The highest BCUT2D eigenvalue weighted by atomic mass is 35.5. The van der Waals surface area contributed by atoms with Gasteiger partial charge in [0.25, 0.3) is 0 Å². The van der Waals surface area contributed by atoms with Crippen LogP contribution >= 0.6 is 23.2 Å². The van der Waals surface area contributed by atoms with Crippen LogP contribution < -0.4 is 5.43 Å². The van der Waals surface area contributed by atoms with Crippen LogP contribution in [0.2, 0.25) is 10.0 Å². The Hall–Kier alpha value is -1.95. The van der Waals surface area contributed by atoms with Crippen LogP contribution in [0.4, 0.5) is 0 Å². The van der Waals surface area contributed by atoms with Gasteiger partial charge in [0.15, 0.2) is 5.76 Å². The second-order valence-electron chi connectivity index (χ2n) is 6.98. The molecular formula is C21H25Cl2N3O2. The zero-order valence-electron chi connectivity index (χ0n) is 16.1. The van der Waals surface area contributed by atoms with Crippen molar-refractivity contribution in [2.45, 2.75) is 26.2 Å². The van der Waals surface area contributed by atoms with E-state index in [1.54, 1.807) is 18.2 Å². The summed E-state index contributed by atoms with van der Waals surface area (Å²) in [5, 5.41) is 3.98. The van der Waals surface area contributed by atoms with Crippen molar-refractivity contribution < 1.29 is 9.53 Å². The molecular weight excluding hydrogens is 397 g/mol. The summed E-state index contributed by atoms with van der Waals surface area (Å²) in [6.07, 6.45) is 8.74. The third-order valence-electron chi connectivity index (χ3n) is 5.01. The number of benzene rings is 1. The first-order chi connectivity index (χ1) is 13.5. The molecule has 1 aliphatic heterocycles. The lowest BCUT2D eigenvalue weighted by molar-refractivity contribution is -0.126. The van der Waals surface area contributed by atoms with Crippen molar-refractivity contribution in [2.24, 2.45) is 5.92 Å². The fourth-order valence-corrected chi connectivity index (χ4v) is 3.75. The number of nitrogens with zero attached hydrogens (tertiary/aromatic N) is 1. The molecule has 1 atom stereocenters. The van der Waals surface area contributed by atoms with Crippen LogP contribution in [0.25, 0.3) is 17.0 Å². The number of ether oxygens (including phenoxy) is 1. The number of aromatic nitrogens is 1. The summed E-state index contributed by atoms with van der Waals surface area (Å²) in [6.45, 7) is 3.94. The number of methoxy groups -OCH3 is 1. The zero-order chi connectivity index (χ0) is 20.1. The van der Waals surface area contributed by atoms with Gasteiger partial charge in [-0.3, -0.25) is 10.2 Å². The number of allylic oxidation sites excluding steroid dienone is 2. The number of H-pyrrole nitrogens is 1. The third kappa shape index (κ3) is 5.10. The minimum absolute atomic E-state index is 0.237. The fraction of sp³-hybridized carbons (Fsp3) is 0.381. The number of halogens is 2. The van der Waals surface area contributed by atoms with Crippen molar-refractivity contribution in [1.29, 1.82) is 0 Å². The first-order valence-electron chi connectivity index (χ1n) is 9.46. The molecule has 1 aromatic heterocycles. The normalized spacial score (nSPS) is 18.7. The number of nitrogens with one attached hydrogen (secondary N) is 2. The van der Waals surface area contributed by atoms with Gasteiger partial charge in [-0.05, 0) is 49.1 Å². The van der Waals surface area contributed by atoms with E-state index in [2.05, 4.69) is 17.3 Å². The standard InChI is InChI=1S/C21H25Cl2N3O2/c1-3-14-6-5-9-26(13-14)25-21(27)20(28-2)8-4-7-16-10-15-11-17(22)18(23)12-19(15)24-16/h4,7-8,10-12,14,24H,3,5-6,9,13H2,1-2H3,(H,25,27). The number of fused-ring (bicyclic) bond motifs is 1. The van der Waals surface area contributed by atoms with Crippen LogP contribution in [0.1, 0.15) is 31.9 Å². The summed E-state index contributed by atoms with van der Waals surface area (Å²) >= 11 is 12.1. The van der Waals surface area contributed by atoms with Gasteiger partial charge in [0.2, 0.25) is 0 Å². The number of carbonyl (C=O) groups excluding carboxylic acids is 1. The van der Waals surface area contributed by atoms with E-state index in [0.717, 1.165) is 42.5 Å². The lowest BCUT2D eigenvalue weighted by atomic mass is 9.97. The lowest BCUT2D eigenvalue weighted by Gasteiger charge is -2.32. The highest BCUT2D eigenvalue weighted by Crippen LogP contribution is 2.28. The summed E-state index contributed by atoms with van der Waals surface area (Å²) in [5.74, 6) is 0.657. The maximum Gasteiger partial charge on any atom is 0.300 e. The van der Waals surface area contributed by atoms with Gasteiger partial charge >= 0.3 is 5.91 Å². The molecule has 7 heteroatoms. The Morgan fingerprint density at radius 3 is 2.89 bits per heavy atom. The second kappa shape index (κ2) is 9.50. The number of hydrogen-bond donors (Lipinski definition) is 2. The van der Waals surface area contributed by atoms with Crippen LogP contribution in [0, 0.1) is 5.92 Å². The zero-order valence-corrected chi connectivity index (χ0v) is 17.6. The Balaban J connectivity index is 1.66. The average molecular weight is 422 g/mol. The summed E-state index contributed by atoms with van der Waals surface area (Å²) < 4.78 is 5.26. The molecule has 2 heterocycles. The fourth-order valence-electron chi connectivity index (χ4n) is 3.41. The topological polar surface area (TPSA) is 57.4 Å². The number of aromatic amines is 1. The number of hydrogen-bond acceptors (Lipinski definition) is 3. The van der Waals surface area contributed by atoms with Crippen molar-refractivity contribution in [3.05, 3.63) is 51.8 Å². The predicted octanol–water partition coefficient (Wildman–Crippen LogP) is 5.17. The summed E-state index contributed by atoms with van der Waals surface area (Å²) in [6, 6.07) is 5.58. The molecule has 150 valence electrons. The number of amides is 1. The van der Waals surface area contributed by atoms with E-state index in [0.29, 0.717) is 16.0 Å². The molecule has 1 amide bonds. The lowest BCUT2D eigenvalue weighted by Crippen LogP contribution is -2.48. The van der Waals surface area contributed by atoms with Gasteiger partial charge in [0.1, 0.15) is 0 Å². The molecule has 0 spiro atoms. The Kier molecular flexibility index (Phi) is 7.05. The third-order valence-corrected chi connectivity index (χ3v) is 5.73. The first-order valence-corrected chi connectivity index (χ1v) is 10.2. The number of hydrazine groups is 1. The van der Waals surface area contributed by atoms with Crippen molar-refractivity contribution in [1.82, 2.24) is 15.4 Å². The summed E-state index contributed by atoms with van der Waals surface area (Å²) in [5.41, 5.74) is 4.73. The van der Waals surface area contributed by atoms with Crippen LogP contribution in [-0.2, 0) is 9.53 Å². The molecule has 1 aromatic carbocycles. The van der Waals surface area contributed by atoms with E-state index >= 15 is 0 Å². The van der Waals surface area contributed by atoms with Gasteiger partial charge in [-0.15, -0.1) is 0 Å². The maximum absolute atomic E-state index is 12.5. The van der Waals surface area contributed by atoms with E-state index in [1.807, 2.05) is 23.2 Å². The van der Waals surface area contributed by atoms with E-state index in [1.165, 1.54) is 13.5 Å². The molecule has 1 saturated heterocycles. The Bertz CT molecular complexity index is 865. The van der Waals surface area contributed by atoms with E-state index in [9.17, 15) is 4.79 Å². The molecule has 0 radical (unpaired) electrons. The molecule has 0 saturated carbocycles.